The molecule has 2 aromatic rings. The van der Waals surface area contributed by atoms with Crippen molar-refractivity contribution in [1.29, 1.82) is 0 Å². The van der Waals surface area contributed by atoms with Crippen LogP contribution < -0.4 is 10.9 Å². The normalized spacial score (nSPS) is 22.0. The number of hydrogen-bond acceptors (Lipinski definition) is 4. The number of hydrogen-bond donors (Lipinski definition) is 1. The van der Waals surface area contributed by atoms with E-state index in [1.54, 1.807) is 16.4 Å². The van der Waals surface area contributed by atoms with Crippen molar-refractivity contribution in [1.82, 2.24) is 9.47 Å². The third-order valence-corrected chi connectivity index (χ3v) is 7.00. The van der Waals surface area contributed by atoms with Gasteiger partial charge >= 0.3 is 6.09 Å². The molecule has 1 aromatic carbocycles. The van der Waals surface area contributed by atoms with Crippen LogP contribution >= 0.6 is 0 Å². The molecular formula is C25H33N3O4. The van der Waals surface area contributed by atoms with Gasteiger partial charge in [-0.15, -0.1) is 0 Å². The van der Waals surface area contributed by atoms with Crippen molar-refractivity contribution < 1.29 is 14.3 Å². The summed E-state index contributed by atoms with van der Waals surface area (Å²) in [5.41, 5.74) is 0.646. The Bertz CT molecular complexity index is 1030. The van der Waals surface area contributed by atoms with E-state index in [2.05, 4.69) is 12.2 Å². The second kappa shape index (κ2) is 9.76. The van der Waals surface area contributed by atoms with Crippen LogP contribution in [0.2, 0.25) is 0 Å². The maximum absolute atomic E-state index is 13.3. The van der Waals surface area contributed by atoms with E-state index in [0.29, 0.717) is 49.5 Å². The van der Waals surface area contributed by atoms with Crippen LogP contribution in [-0.2, 0) is 9.53 Å². The predicted molar refractivity (Wildman–Crippen MR) is 125 cm³/mol. The smallest absolute Gasteiger partial charge is 0.409 e. The Morgan fingerprint density at radius 1 is 1.03 bits per heavy atom. The quantitative estimate of drug-likeness (QED) is 0.757. The number of anilines is 1. The van der Waals surface area contributed by atoms with Crippen LogP contribution in [0.5, 0.6) is 0 Å². The third-order valence-electron chi connectivity index (χ3n) is 7.00. The summed E-state index contributed by atoms with van der Waals surface area (Å²) in [5, 5.41) is 4.46. The summed E-state index contributed by atoms with van der Waals surface area (Å²) in [4.78, 5) is 39.7. The Morgan fingerprint density at radius 3 is 2.44 bits per heavy atom. The number of ether oxygens (including phenoxy) is 1. The van der Waals surface area contributed by atoms with E-state index in [0.717, 1.165) is 31.1 Å². The molecule has 172 valence electrons. The molecule has 1 saturated heterocycles. The second-order valence-electron chi connectivity index (χ2n) is 9.16. The highest BCUT2D eigenvalue weighted by atomic mass is 16.6. The standard InChI is InChI=1S/C25H33N3O4/c1-3-32-25(31)27-14-11-19(12-15-27)28-16-13-20-21(24(28)30)5-4-6-22(20)26-23(29)18-9-7-17(2)8-10-18/h4-6,13,16-19H,3,7-12,14-15H2,1-2H3,(H,26,29). The monoisotopic (exact) mass is 439 g/mol. The molecule has 0 radical (unpaired) electrons. The fourth-order valence-electron chi connectivity index (χ4n) is 4.99. The molecule has 2 amide bonds. The number of pyridine rings is 1. The SMILES string of the molecule is CCOC(=O)N1CCC(n2ccc3c(NC(=O)C4CCC(C)CC4)cccc3c2=O)CC1. The number of carbonyl (C=O) groups is 2. The molecule has 0 atom stereocenters. The summed E-state index contributed by atoms with van der Waals surface area (Å²) in [7, 11) is 0. The molecular weight excluding hydrogens is 406 g/mol. The van der Waals surface area contributed by atoms with E-state index < -0.39 is 0 Å². The van der Waals surface area contributed by atoms with Crippen molar-refractivity contribution in [3.8, 4) is 0 Å². The van der Waals surface area contributed by atoms with Gasteiger partial charge in [0.25, 0.3) is 5.56 Å². The first-order chi connectivity index (χ1) is 15.5. The van der Waals surface area contributed by atoms with E-state index >= 15 is 0 Å². The fraction of sp³-hybridized carbons (Fsp3) is 0.560. The number of benzene rings is 1. The lowest BCUT2D eigenvalue weighted by Gasteiger charge is -2.32. The van der Waals surface area contributed by atoms with Crippen LogP contribution in [0.15, 0.2) is 35.3 Å². The number of likely N-dealkylation sites (tertiary alicyclic amines) is 1. The molecule has 1 aromatic heterocycles. The van der Waals surface area contributed by atoms with Crippen LogP contribution in [0.25, 0.3) is 10.8 Å². The van der Waals surface area contributed by atoms with Crippen LogP contribution in [-0.4, -0.2) is 41.2 Å². The maximum atomic E-state index is 13.3. The average molecular weight is 440 g/mol. The number of fused-ring (bicyclic) bond motifs is 1. The van der Waals surface area contributed by atoms with E-state index in [9.17, 15) is 14.4 Å². The first-order valence-electron chi connectivity index (χ1n) is 11.8. The van der Waals surface area contributed by atoms with Crippen molar-refractivity contribution in [3.05, 3.63) is 40.8 Å². The van der Waals surface area contributed by atoms with Crippen molar-refractivity contribution in [2.24, 2.45) is 11.8 Å². The minimum atomic E-state index is -0.287. The van der Waals surface area contributed by atoms with Crippen molar-refractivity contribution in [3.63, 3.8) is 0 Å². The Balaban J connectivity index is 1.50. The number of nitrogens with zero attached hydrogens (tertiary/aromatic N) is 2. The zero-order valence-corrected chi connectivity index (χ0v) is 19.0. The molecule has 4 rings (SSSR count). The van der Waals surface area contributed by atoms with Gasteiger partial charge in [-0.3, -0.25) is 9.59 Å². The lowest BCUT2D eigenvalue weighted by atomic mass is 9.82. The molecule has 0 bridgehead atoms. The zero-order chi connectivity index (χ0) is 22.7. The molecule has 2 fully saturated rings. The molecule has 32 heavy (non-hydrogen) atoms. The van der Waals surface area contributed by atoms with E-state index in [1.165, 1.54) is 0 Å². The molecule has 7 heteroatoms. The largest absolute Gasteiger partial charge is 0.450 e. The Morgan fingerprint density at radius 2 is 1.75 bits per heavy atom. The molecule has 1 N–H and O–H groups in total. The zero-order valence-electron chi connectivity index (χ0n) is 19.0. The molecule has 7 nitrogen and oxygen atoms in total. The first kappa shape index (κ1) is 22.4. The lowest BCUT2D eigenvalue weighted by Crippen LogP contribution is -2.41. The van der Waals surface area contributed by atoms with Crippen LogP contribution in [0.1, 0.15) is 58.4 Å². The van der Waals surface area contributed by atoms with Gasteiger partial charge in [-0.1, -0.05) is 13.0 Å². The van der Waals surface area contributed by atoms with Gasteiger partial charge in [0, 0.05) is 47.7 Å². The average Bonchev–Trinajstić information content (AvgIpc) is 2.80. The topological polar surface area (TPSA) is 80.6 Å². The Hall–Kier alpha value is -2.83. The van der Waals surface area contributed by atoms with E-state index in [1.807, 2.05) is 30.5 Å². The maximum Gasteiger partial charge on any atom is 0.409 e. The molecule has 0 unspecified atom stereocenters. The Labute approximate surface area is 188 Å². The summed E-state index contributed by atoms with van der Waals surface area (Å²) in [6.45, 7) is 5.55. The van der Waals surface area contributed by atoms with E-state index in [-0.39, 0.29) is 29.5 Å². The number of nitrogens with one attached hydrogen (secondary N) is 1. The van der Waals surface area contributed by atoms with Crippen molar-refractivity contribution >= 4 is 28.5 Å². The summed E-state index contributed by atoms with van der Waals surface area (Å²) >= 11 is 0. The second-order valence-corrected chi connectivity index (χ2v) is 9.16. The molecule has 2 aliphatic rings. The molecule has 1 aliphatic carbocycles. The first-order valence-corrected chi connectivity index (χ1v) is 11.8. The fourth-order valence-corrected chi connectivity index (χ4v) is 4.99. The van der Waals surface area contributed by atoms with Crippen molar-refractivity contribution in [2.45, 2.75) is 58.4 Å². The number of carbonyl (C=O) groups excluding carboxylic acids is 2. The van der Waals surface area contributed by atoms with E-state index in [4.69, 9.17) is 4.74 Å². The molecule has 1 aliphatic heterocycles. The lowest BCUT2D eigenvalue weighted by molar-refractivity contribution is -0.121. The number of rotatable bonds is 4. The highest BCUT2D eigenvalue weighted by Crippen LogP contribution is 2.30. The van der Waals surface area contributed by atoms with Gasteiger partial charge < -0.3 is 19.5 Å². The van der Waals surface area contributed by atoms with Crippen LogP contribution in [0.4, 0.5) is 10.5 Å². The van der Waals surface area contributed by atoms with Gasteiger partial charge in [-0.25, -0.2) is 4.79 Å². The van der Waals surface area contributed by atoms with Gasteiger partial charge in [0.05, 0.1) is 6.61 Å². The number of piperidine rings is 1. The summed E-state index contributed by atoms with van der Waals surface area (Å²) in [5.74, 6) is 0.797. The molecule has 0 spiro atoms. The van der Waals surface area contributed by atoms with Gasteiger partial charge in [-0.2, -0.15) is 0 Å². The van der Waals surface area contributed by atoms with Gasteiger partial charge in [0.1, 0.15) is 0 Å². The minimum absolute atomic E-state index is 0.0417. The van der Waals surface area contributed by atoms with Crippen LogP contribution in [0.3, 0.4) is 0 Å². The van der Waals surface area contributed by atoms with Gasteiger partial charge in [0.2, 0.25) is 5.91 Å². The number of amides is 2. The number of aromatic nitrogens is 1. The summed E-state index contributed by atoms with van der Waals surface area (Å²) < 4.78 is 6.86. The highest BCUT2D eigenvalue weighted by Gasteiger charge is 2.27. The van der Waals surface area contributed by atoms with Crippen LogP contribution in [0, 0.1) is 11.8 Å². The molecule has 2 heterocycles. The van der Waals surface area contributed by atoms with Crippen molar-refractivity contribution in [2.75, 3.05) is 25.0 Å². The summed E-state index contributed by atoms with van der Waals surface area (Å²) in [6.07, 6.45) is 6.99. The summed E-state index contributed by atoms with van der Waals surface area (Å²) in [6, 6.07) is 7.48. The van der Waals surface area contributed by atoms with Gasteiger partial charge in [-0.05, 0) is 69.6 Å². The van der Waals surface area contributed by atoms with Gasteiger partial charge in [0.15, 0.2) is 0 Å². The Kier molecular flexibility index (Phi) is 6.82. The molecule has 1 saturated carbocycles. The minimum Gasteiger partial charge on any atom is -0.450 e. The predicted octanol–water partition coefficient (Wildman–Crippen LogP) is 4.56. The third kappa shape index (κ3) is 4.66. The highest BCUT2D eigenvalue weighted by molar-refractivity contribution is 6.02.